The smallest absolute Gasteiger partial charge is 0.397 e. The zero-order chi connectivity index (χ0) is 21.1. The first-order chi connectivity index (χ1) is 13.0. The average Bonchev–Trinajstić information content (AvgIpc) is 2.59. The number of carbonyl (C=O) groups is 1. The van der Waals surface area contributed by atoms with Crippen molar-refractivity contribution in [2.45, 2.75) is 37.6 Å². The van der Waals surface area contributed by atoms with Crippen LogP contribution in [0.1, 0.15) is 6.92 Å². The number of aliphatic hydroxyl groups excluding tert-OH is 2. The van der Waals surface area contributed by atoms with Gasteiger partial charge in [-0.25, -0.2) is 4.18 Å². The van der Waals surface area contributed by atoms with Gasteiger partial charge in [-0.05, 0) is 12.1 Å². The second kappa shape index (κ2) is 8.76. The molecule has 5 atom stereocenters. The van der Waals surface area contributed by atoms with Crippen molar-refractivity contribution >= 4 is 22.0 Å². The fourth-order valence-corrected chi connectivity index (χ4v) is 2.80. The summed E-state index contributed by atoms with van der Waals surface area (Å²) in [5.41, 5.74) is -0.204. The van der Waals surface area contributed by atoms with Crippen molar-refractivity contribution in [3.05, 3.63) is 34.4 Å². The zero-order valence-electron chi connectivity index (χ0n) is 14.4. The number of hydrogen-bond acceptors (Lipinski definition) is 10. The number of aliphatic hydroxyl groups is 2. The van der Waals surface area contributed by atoms with Crippen LogP contribution >= 0.6 is 0 Å². The van der Waals surface area contributed by atoms with Gasteiger partial charge in [0.05, 0.1) is 11.5 Å². The Morgan fingerprint density at radius 3 is 2.39 bits per heavy atom. The van der Waals surface area contributed by atoms with Crippen LogP contribution in [0.25, 0.3) is 0 Å². The minimum atomic E-state index is -4.83. The van der Waals surface area contributed by atoms with Crippen LogP contribution in [0.4, 0.5) is 5.69 Å². The van der Waals surface area contributed by atoms with Crippen LogP contribution in [0.3, 0.4) is 0 Å². The topological polar surface area (TPSA) is 195 Å². The lowest BCUT2D eigenvalue weighted by atomic mass is 9.97. The molecule has 1 saturated heterocycles. The van der Waals surface area contributed by atoms with Crippen molar-refractivity contribution in [3.63, 3.8) is 0 Å². The third kappa shape index (κ3) is 5.82. The molecular weight excluding hydrogens is 404 g/mol. The molecule has 0 unspecified atom stereocenters. The van der Waals surface area contributed by atoms with Crippen LogP contribution in [0.2, 0.25) is 0 Å². The molecule has 28 heavy (non-hydrogen) atoms. The van der Waals surface area contributed by atoms with Gasteiger partial charge < -0.3 is 25.0 Å². The maximum Gasteiger partial charge on any atom is 0.397 e. The summed E-state index contributed by atoms with van der Waals surface area (Å²) < 4.78 is 45.1. The van der Waals surface area contributed by atoms with Crippen molar-refractivity contribution in [1.82, 2.24) is 5.32 Å². The minimum absolute atomic E-state index is 0.0731. The largest absolute Gasteiger partial charge is 0.463 e. The summed E-state index contributed by atoms with van der Waals surface area (Å²) in [7, 11) is -4.83. The standard InChI is InChI=1S/C14H18N2O11S/c1-7(17)15-11-13(19)12(18)10(6-25-28(22,23)24)27-14(11)26-9-4-2-8(3-5-9)16(20)21/h2-5,10-14,18-19H,6H2,1H3,(H,15,17)(H,22,23,24)/t10-,11-,12-,13-,14-/m1/s1. The lowest BCUT2D eigenvalue weighted by Gasteiger charge is -2.42. The number of rotatable bonds is 7. The zero-order valence-corrected chi connectivity index (χ0v) is 15.2. The fraction of sp³-hybridized carbons (Fsp3) is 0.500. The van der Waals surface area contributed by atoms with Crippen molar-refractivity contribution in [3.8, 4) is 5.75 Å². The highest BCUT2D eigenvalue weighted by atomic mass is 32.3. The number of nitro benzene ring substituents is 1. The highest BCUT2D eigenvalue weighted by molar-refractivity contribution is 7.80. The normalized spacial score (nSPS) is 27.8. The van der Waals surface area contributed by atoms with Crippen LogP contribution in [-0.4, -0.2) is 71.3 Å². The summed E-state index contributed by atoms with van der Waals surface area (Å²) in [6.07, 6.45) is -6.19. The Bertz CT molecular complexity index is 813. The maximum atomic E-state index is 11.4. The molecule has 2 rings (SSSR count). The number of amides is 1. The molecule has 1 aliphatic rings. The van der Waals surface area contributed by atoms with E-state index in [9.17, 15) is 33.5 Å². The van der Waals surface area contributed by atoms with Gasteiger partial charge >= 0.3 is 10.4 Å². The molecule has 0 saturated carbocycles. The summed E-state index contributed by atoms with van der Waals surface area (Å²) >= 11 is 0. The van der Waals surface area contributed by atoms with Gasteiger partial charge in [-0.2, -0.15) is 8.42 Å². The number of nitrogens with one attached hydrogen (secondary N) is 1. The Morgan fingerprint density at radius 1 is 1.29 bits per heavy atom. The van der Waals surface area contributed by atoms with E-state index in [1.165, 1.54) is 12.1 Å². The molecule has 1 aliphatic heterocycles. The molecule has 0 bridgehead atoms. The van der Waals surface area contributed by atoms with Crippen LogP contribution in [0, 0.1) is 10.1 Å². The van der Waals surface area contributed by atoms with E-state index in [4.69, 9.17) is 14.0 Å². The molecular formula is C14H18N2O11S. The molecule has 0 radical (unpaired) electrons. The summed E-state index contributed by atoms with van der Waals surface area (Å²) in [6, 6.07) is 3.52. The Kier molecular flexibility index (Phi) is 6.87. The van der Waals surface area contributed by atoms with Gasteiger partial charge in [0.15, 0.2) is 0 Å². The van der Waals surface area contributed by atoms with Gasteiger partial charge in [-0.3, -0.25) is 19.5 Å². The van der Waals surface area contributed by atoms with E-state index in [0.717, 1.165) is 19.1 Å². The van der Waals surface area contributed by atoms with Crippen LogP contribution in [0.15, 0.2) is 24.3 Å². The van der Waals surface area contributed by atoms with E-state index in [1.54, 1.807) is 0 Å². The molecule has 4 N–H and O–H groups in total. The predicted octanol–water partition coefficient (Wildman–Crippen LogP) is -1.26. The van der Waals surface area contributed by atoms with E-state index in [-0.39, 0.29) is 11.4 Å². The van der Waals surface area contributed by atoms with Crippen LogP contribution < -0.4 is 10.1 Å². The van der Waals surface area contributed by atoms with E-state index < -0.39 is 58.5 Å². The fourth-order valence-electron chi connectivity index (χ4n) is 2.49. The molecule has 1 aromatic carbocycles. The first kappa shape index (κ1) is 21.9. The SMILES string of the molecule is CC(=O)N[C@H]1[C@H](Oc2ccc([N+](=O)[O-])cc2)O[C@H](COS(=O)(=O)O)[C@@H](O)[C@@H]1O. The number of hydrogen-bond donors (Lipinski definition) is 4. The van der Waals surface area contributed by atoms with Gasteiger partial charge in [-0.1, -0.05) is 0 Å². The third-order valence-electron chi connectivity index (χ3n) is 3.75. The van der Waals surface area contributed by atoms with Gasteiger partial charge in [0, 0.05) is 19.1 Å². The second-order valence-electron chi connectivity index (χ2n) is 5.83. The van der Waals surface area contributed by atoms with Gasteiger partial charge in [0.1, 0.15) is 30.1 Å². The van der Waals surface area contributed by atoms with Crippen molar-refractivity contribution < 1.29 is 46.6 Å². The third-order valence-corrected chi connectivity index (χ3v) is 4.19. The van der Waals surface area contributed by atoms with E-state index in [0.29, 0.717) is 0 Å². The number of benzene rings is 1. The van der Waals surface area contributed by atoms with Crippen LogP contribution in [0.5, 0.6) is 5.75 Å². The van der Waals surface area contributed by atoms with E-state index in [1.807, 2.05) is 0 Å². The minimum Gasteiger partial charge on any atom is -0.463 e. The molecule has 156 valence electrons. The summed E-state index contributed by atoms with van der Waals surface area (Å²) in [5, 5.41) is 33.4. The number of nitro groups is 1. The number of carbonyl (C=O) groups excluding carboxylic acids is 1. The molecule has 1 aromatic rings. The maximum absolute atomic E-state index is 11.4. The highest BCUT2D eigenvalue weighted by Crippen LogP contribution is 2.26. The Morgan fingerprint density at radius 2 is 1.89 bits per heavy atom. The number of nitrogens with zero attached hydrogens (tertiary/aromatic N) is 1. The molecule has 1 amide bonds. The molecule has 0 aliphatic carbocycles. The Labute approximate surface area is 158 Å². The van der Waals surface area contributed by atoms with E-state index in [2.05, 4.69) is 9.50 Å². The second-order valence-corrected chi connectivity index (χ2v) is 6.92. The monoisotopic (exact) mass is 422 g/mol. The van der Waals surface area contributed by atoms with Gasteiger partial charge in [0.2, 0.25) is 12.2 Å². The molecule has 1 fully saturated rings. The lowest BCUT2D eigenvalue weighted by molar-refractivity contribution is -0.384. The summed E-state index contributed by atoms with van der Waals surface area (Å²) in [4.78, 5) is 21.5. The molecule has 0 spiro atoms. The average molecular weight is 422 g/mol. The quantitative estimate of drug-likeness (QED) is 0.233. The Balaban J connectivity index is 2.21. The number of non-ortho nitro benzene ring substituents is 1. The Hall–Kier alpha value is -2.36. The molecule has 13 nitrogen and oxygen atoms in total. The predicted molar refractivity (Wildman–Crippen MR) is 89.5 cm³/mol. The highest BCUT2D eigenvalue weighted by Gasteiger charge is 2.46. The molecule has 0 aromatic heterocycles. The first-order valence-electron chi connectivity index (χ1n) is 7.79. The van der Waals surface area contributed by atoms with E-state index >= 15 is 0 Å². The molecule has 1 heterocycles. The lowest BCUT2D eigenvalue weighted by Crippen LogP contribution is -2.65. The van der Waals surface area contributed by atoms with Gasteiger partial charge in [-0.15, -0.1) is 0 Å². The first-order valence-corrected chi connectivity index (χ1v) is 9.16. The van der Waals surface area contributed by atoms with Crippen LogP contribution in [-0.2, 0) is 24.1 Å². The summed E-state index contributed by atoms with van der Waals surface area (Å²) in [5.74, 6) is -0.506. The molecule has 14 heteroatoms. The van der Waals surface area contributed by atoms with Crippen molar-refractivity contribution in [2.24, 2.45) is 0 Å². The van der Waals surface area contributed by atoms with Crippen molar-refractivity contribution in [2.75, 3.05) is 6.61 Å². The van der Waals surface area contributed by atoms with Crippen molar-refractivity contribution in [1.29, 1.82) is 0 Å². The number of ether oxygens (including phenoxy) is 2. The van der Waals surface area contributed by atoms with Gasteiger partial charge in [0.25, 0.3) is 5.69 Å². The summed E-state index contributed by atoms with van der Waals surface area (Å²) in [6.45, 7) is 0.305.